The van der Waals surface area contributed by atoms with Crippen LogP contribution in [0.25, 0.3) is 0 Å². The lowest BCUT2D eigenvalue weighted by Gasteiger charge is -2.13. The van der Waals surface area contributed by atoms with Gasteiger partial charge < -0.3 is 10.6 Å². The van der Waals surface area contributed by atoms with E-state index in [0.717, 1.165) is 15.0 Å². The molecule has 0 radical (unpaired) electrons. The quantitative estimate of drug-likeness (QED) is 0.548. The lowest BCUT2D eigenvalue weighted by atomic mass is 10.1. The molecule has 1 atom stereocenters. The van der Waals surface area contributed by atoms with Gasteiger partial charge in [-0.15, -0.1) is 16.8 Å². The topological polar surface area (TPSA) is 66.9 Å². The predicted molar refractivity (Wildman–Crippen MR) is 97.3 cm³/mol. The Morgan fingerprint density at radius 3 is 2.87 bits per heavy atom. The molecular formula is C15H17ClN4OS2. The zero-order valence-electron chi connectivity index (χ0n) is 12.6. The van der Waals surface area contributed by atoms with Crippen molar-refractivity contribution in [2.75, 3.05) is 17.6 Å². The van der Waals surface area contributed by atoms with Crippen molar-refractivity contribution < 1.29 is 4.79 Å². The lowest BCUT2D eigenvalue weighted by molar-refractivity contribution is -0.119. The molecule has 2 aromatic rings. The SMILES string of the molecule is C=CCNc1nnc(SCC(=O)NC(C)c2ccc(Cl)cc2)s1. The highest BCUT2D eigenvalue weighted by Gasteiger charge is 2.11. The van der Waals surface area contributed by atoms with Crippen molar-refractivity contribution in [3.63, 3.8) is 0 Å². The summed E-state index contributed by atoms with van der Waals surface area (Å²) in [7, 11) is 0. The highest BCUT2D eigenvalue weighted by molar-refractivity contribution is 8.01. The number of benzene rings is 1. The summed E-state index contributed by atoms with van der Waals surface area (Å²) in [5.41, 5.74) is 1.01. The summed E-state index contributed by atoms with van der Waals surface area (Å²) in [6.07, 6.45) is 1.75. The average Bonchev–Trinajstić information content (AvgIpc) is 2.99. The molecule has 2 N–H and O–H groups in total. The molecule has 5 nitrogen and oxygen atoms in total. The van der Waals surface area contributed by atoms with Gasteiger partial charge in [0, 0.05) is 11.6 Å². The Bertz CT molecular complexity index is 660. The molecule has 0 aliphatic heterocycles. The third-order valence-corrected chi connectivity index (χ3v) is 5.14. The molecule has 1 unspecified atom stereocenters. The molecule has 0 saturated carbocycles. The summed E-state index contributed by atoms with van der Waals surface area (Å²) in [5, 5.41) is 15.4. The first-order valence-electron chi connectivity index (χ1n) is 6.94. The summed E-state index contributed by atoms with van der Waals surface area (Å²) < 4.78 is 0.755. The zero-order chi connectivity index (χ0) is 16.7. The Hall–Kier alpha value is -1.57. The number of anilines is 1. The number of hydrogen-bond donors (Lipinski definition) is 2. The van der Waals surface area contributed by atoms with Gasteiger partial charge in [0.25, 0.3) is 0 Å². The van der Waals surface area contributed by atoms with Crippen LogP contribution in [0.3, 0.4) is 0 Å². The molecule has 122 valence electrons. The molecule has 0 aliphatic carbocycles. The van der Waals surface area contributed by atoms with Gasteiger partial charge in [0.1, 0.15) is 0 Å². The maximum Gasteiger partial charge on any atom is 0.230 e. The number of carbonyl (C=O) groups excluding carboxylic acids is 1. The number of amides is 1. The van der Waals surface area contributed by atoms with E-state index in [1.807, 2.05) is 31.2 Å². The number of halogens is 1. The van der Waals surface area contributed by atoms with Crippen molar-refractivity contribution >= 4 is 45.7 Å². The van der Waals surface area contributed by atoms with Crippen LogP contribution >= 0.6 is 34.7 Å². The van der Waals surface area contributed by atoms with E-state index in [4.69, 9.17) is 11.6 Å². The Kier molecular flexibility index (Phi) is 6.88. The van der Waals surface area contributed by atoms with Crippen LogP contribution in [0.2, 0.25) is 5.02 Å². The smallest absolute Gasteiger partial charge is 0.230 e. The van der Waals surface area contributed by atoms with Crippen molar-refractivity contribution in [2.24, 2.45) is 0 Å². The molecule has 8 heteroatoms. The van der Waals surface area contributed by atoms with E-state index in [2.05, 4.69) is 27.4 Å². The Morgan fingerprint density at radius 2 is 2.17 bits per heavy atom. The molecule has 0 bridgehead atoms. The van der Waals surface area contributed by atoms with Gasteiger partial charge in [0.15, 0.2) is 4.34 Å². The molecule has 23 heavy (non-hydrogen) atoms. The molecule has 0 spiro atoms. The maximum absolute atomic E-state index is 12.0. The van der Waals surface area contributed by atoms with E-state index in [9.17, 15) is 4.79 Å². The number of rotatable bonds is 8. The highest BCUT2D eigenvalue weighted by atomic mass is 35.5. The van der Waals surface area contributed by atoms with Gasteiger partial charge in [0.2, 0.25) is 11.0 Å². The largest absolute Gasteiger partial charge is 0.357 e. The fraction of sp³-hybridized carbons (Fsp3) is 0.267. The van der Waals surface area contributed by atoms with Gasteiger partial charge in [-0.1, -0.05) is 52.9 Å². The van der Waals surface area contributed by atoms with Crippen molar-refractivity contribution in [1.82, 2.24) is 15.5 Å². The normalized spacial score (nSPS) is 11.7. The molecule has 0 saturated heterocycles. The van der Waals surface area contributed by atoms with Crippen molar-refractivity contribution in [1.29, 1.82) is 0 Å². The molecule has 1 amide bonds. The summed E-state index contributed by atoms with van der Waals surface area (Å²) in [6, 6.07) is 7.37. The number of thioether (sulfide) groups is 1. The number of hydrogen-bond acceptors (Lipinski definition) is 6. The second kappa shape index (κ2) is 8.90. The van der Waals surface area contributed by atoms with Crippen LogP contribution in [0.1, 0.15) is 18.5 Å². The van der Waals surface area contributed by atoms with Gasteiger partial charge in [-0.25, -0.2) is 0 Å². The van der Waals surface area contributed by atoms with Crippen LogP contribution < -0.4 is 10.6 Å². The van der Waals surface area contributed by atoms with Gasteiger partial charge in [-0.2, -0.15) is 0 Å². The van der Waals surface area contributed by atoms with Crippen LogP contribution in [0, 0.1) is 0 Å². The van der Waals surface area contributed by atoms with E-state index in [-0.39, 0.29) is 11.9 Å². The summed E-state index contributed by atoms with van der Waals surface area (Å²) in [6.45, 7) is 6.20. The summed E-state index contributed by atoms with van der Waals surface area (Å²) in [5.74, 6) is 0.252. The maximum atomic E-state index is 12.0. The number of carbonyl (C=O) groups is 1. The van der Waals surface area contributed by atoms with Crippen LogP contribution in [0.15, 0.2) is 41.3 Å². The van der Waals surface area contributed by atoms with Crippen LogP contribution in [-0.2, 0) is 4.79 Å². The fourth-order valence-corrected chi connectivity index (χ4v) is 3.44. The Morgan fingerprint density at radius 1 is 1.43 bits per heavy atom. The molecule has 0 fully saturated rings. The second-order valence-corrected chi connectivity index (χ2v) is 7.31. The van der Waals surface area contributed by atoms with Crippen LogP contribution in [0.5, 0.6) is 0 Å². The van der Waals surface area contributed by atoms with E-state index in [1.54, 1.807) is 6.08 Å². The minimum Gasteiger partial charge on any atom is -0.357 e. The zero-order valence-corrected chi connectivity index (χ0v) is 15.0. The first kappa shape index (κ1) is 17.8. The van der Waals surface area contributed by atoms with E-state index >= 15 is 0 Å². The highest BCUT2D eigenvalue weighted by Crippen LogP contribution is 2.25. The Balaban J connectivity index is 1.79. The van der Waals surface area contributed by atoms with Gasteiger partial charge in [-0.05, 0) is 24.6 Å². The van der Waals surface area contributed by atoms with E-state index in [1.165, 1.54) is 23.1 Å². The number of nitrogens with one attached hydrogen (secondary N) is 2. The van der Waals surface area contributed by atoms with Gasteiger partial charge in [-0.3, -0.25) is 4.79 Å². The minimum absolute atomic E-state index is 0.0479. The first-order valence-corrected chi connectivity index (χ1v) is 9.12. The Labute approximate surface area is 148 Å². The third-order valence-electron chi connectivity index (χ3n) is 2.88. The molecule has 1 heterocycles. The molecular weight excluding hydrogens is 352 g/mol. The minimum atomic E-state index is -0.0698. The van der Waals surface area contributed by atoms with Gasteiger partial charge in [0.05, 0.1) is 11.8 Å². The monoisotopic (exact) mass is 368 g/mol. The fourth-order valence-electron chi connectivity index (χ4n) is 1.74. The second-order valence-electron chi connectivity index (χ2n) is 4.67. The molecule has 0 aliphatic rings. The standard InChI is InChI=1S/C15H17ClN4OS2/c1-3-8-17-14-19-20-15(23-14)22-9-13(21)18-10(2)11-4-6-12(16)7-5-11/h3-7,10H,1,8-9H2,2H3,(H,17,19)(H,18,21). The van der Waals surface area contributed by atoms with Crippen molar-refractivity contribution in [2.45, 2.75) is 17.3 Å². The van der Waals surface area contributed by atoms with Crippen molar-refractivity contribution in [3.05, 3.63) is 47.5 Å². The van der Waals surface area contributed by atoms with Crippen LogP contribution in [-0.4, -0.2) is 28.4 Å². The molecule has 1 aromatic carbocycles. The summed E-state index contributed by atoms with van der Waals surface area (Å²) >= 11 is 8.65. The van der Waals surface area contributed by atoms with Crippen LogP contribution in [0.4, 0.5) is 5.13 Å². The first-order chi connectivity index (χ1) is 11.1. The molecule has 2 rings (SSSR count). The van der Waals surface area contributed by atoms with E-state index in [0.29, 0.717) is 17.3 Å². The molecule has 1 aromatic heterocycles. The van der Waals surface area contributed by atoms with Gasteiger partial charge >= 0.3 is 0 Å². The van der Waals surface area contributed by atoms with E-state index < -0.39 is 0 Å². The summed E-state index contributed by atoms with van der Waals surface area (Å²) in [4.78, 5) is 12.0. The predicted octanol–water partition coefficient (Wildman–Crippen LogP) is 3.76. The lowest BCUT2D eigenvalue weighted by Crippen LogP contribution is -2.28. The number of nitrogens with zero attached hydrogens (tertiary/aromatic N) is 2. The average molecular weight is 369 g/mol. The number of aromatic nitrogens is 2. The third kappa shape index (κ3) is 5.85. The van der Waals surface area contributed by atoms with Crippen molar-refractivity contribution in [3.8, 4) is 0 Å².